The number of hydrogen-bond donors (Lipinski definition) is 0. The van der Waals surface area contributed by atoms with E-state index in [9.17, 15) is 18.0 Å². The van der Waals surface area contributed by atoms with E-state index in [0.29, 0.717) is 0 Å². The van der Waals surface area contributed by atoms with Crippen molar-refractivity contribution < 1.29 is 22.7 Å². The standard InChI is InChI=1S/C7H11F3O2/c1-3-12-6(11)4-5(2)7(8,9)10/h5H,3-4H2,1-2H3/t5-/m0/s1. The molecule has 0 N–H and O–H groups in total. The van der Waals surface area contributed by atoms with Crippen LogP contribution in [0.15, 0.2) is 0 Å². The number of carbonyl (C=O) groups excluding carboxylic acids is 1. The van der Waals surface area contributed by atoms with Crippen molar-refractivity contribution in [1.82, 2.24) is 0 Å². The average Bonchev–Trinajstić information content (AvgIpc) is 1.85. The van der Waals surface area contributed by atoms with Crippen molar-refractivity contribution in [3.63, 3.8) is 0 Å². The summed E-state index contributed by atoms with van der Waals surface area (Å²) in [5, 5.41) is 0. The first-order chi connectivity index (χ1) is 5.38. The minimum absolute atomic E-state index is 0.114. The van der Waals surface area contributed by atoms with Gasteiger partial charge in [0.25, 0.3) is 0 Å². The first-order valence-corrected chi connectivity index (χ1v) is 3.60. The van der Waals surface area contributed by atoms with Gasteiger partial charge in [0, 0.05) is 0 Å². The topological polar surface area (TPSA) is 26.3 Å². The van der Waals surface area contributed by atoms with E-state index in [1.165, 1.54) is 0 Å². The van der Waals surface area contributed by atoms with Crippen LogP contribution in [0.25, 0.3) is 0 Å². The molecule has 0 saturated carbocycles. The van der Waals surface area contributed by atoms with Crippen LogP contribution in [0.2, 0.25) is 0 Å². The van der Waals surface area contributed by atoms with Gasteiger partial charge in [-0.1, -0.05) is 6.92 Å². The van der Waals surface area contributed by atoms with E-state index < -0.39 is 24.5 Å². The molecule has 0 bridgehead atoms. The summed E-state index contributed by atoms with van der Waals surface area (Å²) in [6.45, 7) is 2.62. The SMILES string of the molecule is CCOC(=O)C[C@H](C)C(F)(F)F. The van der Waals surface area contributed by atoms with Crippen LogP contribution in [-0.4, -0.2) is 18.8 Å². The van der Waals surface area contributed by atoms with E-state index in [1.807, 2.05) is 0 Å². The molecule has 0 amide bonds. The summed E-state index contributed by atoms with van der Waals surface area (Å²) in [4.78, 5) is 10.6. The van der Waals surface area contributed by atoms with Gasteiger partial charge < -0.3 is 4.74 Å². The minimum atomic E-state index is -4.31. The van der Waals surface area contributed by atoms with Crippen LogP contribution in [0, 0.1) is 5.92 Å². The lowest BCUT2D eigenvalue weighted by Gasteiger charge is -2.13. The normalized spacial score (nSPS) is 14.1. The fourth-order valence-electron chi connectivity index (χ4n) is 0.586. The van der Waals surface area contributed by atoms with E-state index in [4.69, 9.17) is 0 Å². The van der Waals surface area contributed by atoms with Crippen molar-refractivity contribution in [3.8, 4) is 0 Å². The van der Waals surface area contributed by atoms with Gasteiger partial charge in [0.2, 0.25) is 0 Å². The fourth-order valence-corrected chi connectivity index (χ4v) is 0.586. The monoisotopic (exact) mass is 184 g/mol. The highest BCUT2D eigenvalue weighted by Gasteiger charge is 2.37. The third-order valence-electron chi connectivity index (χ3n) is 1.34. The molecule has 0 aromatic carbocycles. The maximum atomic E-state index is 11.8. The molecular formula is C7H11F3O2. The summed E-state index contributed by atoms with van der Waals surface area (Å²) < 4.78 is 39.9. The van der Waals surface area contributed by atoms with E-state index >= 15 is 0 Å². The maximum absolute atomic E-state index is 11.8. The highest BCUT2D eigenvalue weighted by Crippen LogP contribution is 2.28. The molecule has 0 aromatic rings. The highest BCUT2D eigenvalue weighted by molar-refractivity contribution is 5.69. The maximum Gasteiger partial charge on any atom is 0.392 e. The fraction of sp³-hybridized carbons (Fsp3) is 0.857. The molecule has 0 heterocycles. The van der Waals surface area contributed by atoms with Gasteiger partial charge in [-0.3, -0.25) is 4.79 Å². The summed E-state index contributed by atoms with van der Waals surface area (Å²) >= 11 is 0. The van der Waals surface area contributed by atoms with Crippen LogP contribution < -0.4 is 0 Å². The van der Waals surface area contributed by atoms with Crippen molar-refractivity contribution in [2.24, 2.45) is 5.92 Å². The molecule has 0 aliphatic carbocycles. The average molecular weight is 184 g/mol. The summed E-state index contributed by atoms with van der Waals surface area (Å²) in [5.74, 6) is -2.43. The first-order valence-electron chi connectivity index (χ1n) is 3.60. The van der Waals surface area contributed by atoms with Crippen LogP contribution in [-0.2, 0) is 9.53 Å². The number of alkyl halides is 3. The van der Waals surface area contributed by atoms with Gasteiger partial charge in [0.15, 0.2) is 0 Å². The van der Waals surface area contributed by atoms with E-state index in [0.717, 1.165) is 6.92 Å². The predicted octanol–water partition coefficient (Wildman–Crippen LogP) is 2.14. The summed E-state index contributed by atoms with van der Waals surface area (Å²) in [7, 11) is 0. The molecule has 0 aliphatic heterocycles. The number of ether oxygens (including phenoxy) is 1. The number of carbonyl (C=O) groups is 1. The molecule has 0 aromatic heterocycles. The van der Waals surface area contributed by atoms with Gasteiger partial charge in [-0.25, -0.2) is 0 Å². The Labute approximate surface area is 68.7 Å². The zero-order valence-electron chi connectivity index (χ0n) is 6.94. The molecule has 0 spiro atoms. The lowest BCUT2D eigenvalue weighted by molar-refractivity contribution is -0.180. The number of hydrogen-bond acceptors (Lipinski definition) is 2. The van der Waals surface area contributed by atoms with E-state index in [2.05, 4.69) is 4.74 Å². The molecule has 5 heteroatoms. The van der Waals surface area contributed by atoms with E-state index in [-0.39, 0.29) is 6.61 Å². The number of esters is 1. The second-order valence-electron chi connectivity index (χ2n) is 2.45. The van der Waals surface area contributed by atoms with Crippen molar-refractivity contribution in [2.75, 3.05) is 6.61 Å². The Morgan fingerprint density at radius 3 is 2.33 bits per heavy atom. The van der Waals surface area contributed by atoms with Crippen LogP contribution in [0.3, 0.4) is 0 Å². The second kappa shape index (κ2) is 4.33. The lowest BCUT2D eigenvalue weighted by atomic mass is 10.1. The molecule has 0 fully saturated rings. The summed E-state index contributed by atoms with van der Waals surface area (Å²) in [6.07, 6.45) is -4.91. The third-order valence-corrected chi connectivity index (χ3v) is 1.34. The van der Waals surface area contributed by atoms with E-state index in [1.54, 1.807) is 6.92 Å². The lowest BCUT2D eigenvalue weighted by Crippen LogP contribution is -2.23. The largest absolute Gasteiger partial charge is 0.466 e. The predicted molar refractivity (Wildman–Crippen MR) is 36.5 cm³/mol. The zero-order valence-corrected chi connectivity index (χ0v) is 6.94. The van der Waals surface area contributed by atoms with Crippen LogP contribution in [0.5, 0.6) is 0 Å². The molecule has 72 valence electrons. The summed E-state index contributed by atoms with van der Waals surface area (Å²) in [5.41, 5.74) is 0. The first kappa shape index (κ1) is 11.3. The van der Waals surface area contributed by atoms with Crippen LogP contribution >= 0.6 is 0 Å². The van der Waals surface area contributed by atoms with Crippen LogP contribution in [0.1, 0.15) is 20.3 Å². The Balaban J connectivity index is 3.84. The molecule has 0 radical (unpaired) electrons. The molecule has 12 heavy (non-hydrogen) atoms. The summed E-state index contributed by atoms with van der Waals surface area (Å²) in [6, 6.07) is 0. The molecule has 2 nitrogen and oxygen atoms in total. The molecule has 1 atom stereocenters. The van der Waals surface area contributed by atoms with Gasteiger partial charge in [-0.05, 0) is 6.92 Å². The Morgan fingerprint density at radius 1 is 1.50 bits per heavy atom. The van der Waals surface area contributed by atoms with Gasteiger partial charge in [-0.2, -0.15) is 13.2 Å². The molecule has 0 rings (SSSR count). The Kier molecular flexibility index (Phi) is 4.06. The number of halogens is 3. The minimum Gasteiger partial charge on any atom is -0.466 e. The van der Waals surface area contributed by atoms with Gasteiger partial charge >= 0.3 is 12.1 Å². The Bertz CT molecular complexity index is 153. The van der Waals surface area contributed by atoms with Crippen molar-refractivity contribution in [2.45, 2.75) is 26.4 Å². The number of rotatable bonds is 3. The van der Waals surface area contributed by atoms with Crippen molar-refractivity contribution in [3.05, 3.63) is 0 Å². The smallest absolute Gasteiger partial charge is 0.392 e. The Hall–Kier alpha value is -0.740. The molecular weight excluding hydrogens is 173 g/mol. The van der Waals surface area contributed by atoms with Gasteiger partial charge in [0.05, 0.1) is 18.9 Å². The highest BCUT2D eigenvalue weighted by atomic mass is 19.4. The van der Waals surface area contributed by atoms with Gasteiger partial charge in [-0.15, -0.1) is 0 Å². The molecule has 0 unspecified atom stereocenters. The van der Waals surface area contributed by atoms with Crippen molar-refractivity contribution >= 4 is 5.97 Å². The quantitative estimate of drug-likeness (QED) is 0.628. The molecule has 0 aliphatic rings. The second-order valence-corrected chi connectivity index (χ2v) is 2.45. The zero-order chi connectivity index (χ0) is 9.78. The molecule has 0 saturated heterocycles. The van der Waals surface area contributed by atoms with Crippen LogP contribution in [0.4, 0.5) is 13.2 Å². The van der Waals surface area contributed by atoms with Crippen molar-refractivity contribution in [1.29, 1.82) is 0 Å². The van der Waals surface area contributed by atoms with Gasteiger partial charge in [0.1, 0.15) is 0 Å². The Morgan fingerprint density at radius 2 is 2.00 bits per heavy atom. The third kappa shape index (κ3) is 4.20.